The average molecular weight is 293 g/mol. The second-order valence-corrected chi connectivity index (χ2v) is 6.20. The molecule has 0 spiro atoms. The molecule has 1 aliphatic carbocycles. The number of aliphatic hydroxyl groups is 1. The molecule has 0 unspecified atom stereocenters. The molecule has 6 heteroatoms. The zero-order valence-corrected chi connectivity index (χ0v) is 12.3. The molecule has 0 bridgehead atoms. The van der Waals surface area contributed by atoms with Gasteiger partial charge in [-0.15, -0.1) is 0 Å². The molecule has 1 fully saturated rings. The maximum Gasteiger partial charge on any atom is 0.246 e. The number of nitrogens with zero attached hydrogens (tertiary/aromatic N) is 2. The molecule has 1 amide bonds. The summed E-state index contributed by atoms with van der Waals surface area (Å²) in [6.07, 6.45) is 5.08. The van der Waals surface area contributed by atoms with Crippen LogP contribution in [0.15, 0.2) is 4.52 Å². The highest BCUT2D eigenvalue weighted by atomic mass is 16.5. The van der Waals surface area contributed by atoms with E-state index in [1.807, 2.05) is 0 Å². The van der Waals surface area contributed by atoms with Crippen molar-refractivity contribution in [1.82, 2.24) is 10.1 Å². The van der Waals surface area contributed by atoms with Crippen molar-refractivity contribution < 1.29 is 14.4 Å². The number of rotatable bonds is 4. The number of amides is 1. The number of hydrogen-bond acceptors (Lipinski definition) is 5. The van der Waals surface area contributed by atoms with E-state index in [0.29, 0.717) is 0 Å². The van der Waals surface area contributed by atoms with Crippen LogP contribution in [0.5, 0.6) is 0 Å². The molecule has 1 aromatic rings. The van der Waals surface area contributed by atoms with E-state index in [-0.39, 0.29) is 5.92 Å². The Bertz CT molecular complexity index is 506. The van der Waals surface area contributed by atoms with Gasteiger partial charge in [0.25, 0.3) is 0 Å². The average Bonchev–Trinajstić information content (AvgIpc) is 2.91. The summed E-state index contributed by atoms with van der Waals surface area (Å²) in [5, 5.41) is 14.0. The number of fused-ring (bicyclic) bond motifs is 1. The second kappa shape index (κ2) is 6.15. The van der Waals surface area contributed by atoms with E-state index < -0.39 is 12.0 Å². The molecule has 0 aromatic carbocycles. The van der Waals surface area contributed by atoms with E-state index in [4.69, 9.17) is 10.3 Å². The first-order chi connectivity index (χ1) is 10.1. The van der Waals surface area contributed by atoms with Crippen LogP contribution in [0.1, 0.15) is 42.7 Å². The van der Waals surface area contributed by atoms with Crippen molar-refractivity contribution in [2.45, 2.75) is 51.2 Å². The Morgan fingerprint density at radius 3 is 2.81 bits per heavy atom. The van der Waals surface area contributed by atoms with E-state index in [0.717, 1.165) is 56.8 Å². The van der Waals surface area contributed by atoms with Gasteiger partial charge >= 0.3 is 0 Å². The molecular weight excluding hydrogens is 270 g/mol. The topological polar surface area (TPSA) is 92.6 Å². The Kier molecular flexibility index (Phi) is 4.26. The maximum atomic E-state index is 11.0. The molecule has 3 N–H and O–H groups in total. The van der Waals surface area contributed by atoms with Crippen LogP contribution in [0.4, 0.5) is 0 Å². The molecule has 1 aromatic heterocycles. The predicted molar refractivity (Wildman–Crippen MR) is 76.3 cm³/mol. The predicted octanol–water partition coefficient (Wildman–Crippen LogP) is 0.612. The first-order valence-electron chi connectivity index (χ1n) is 7.81. The van der Waals surface area contributed by atoms with E-state index in [2.05, 4.69) is 10.1 Å². The minimum atomic E-state index is -1.01. The minimum absolute atomic E-state index is 0.00928. The summed E-state index contributed by atoms with van der Waals surface area (Å²) in [4.78, 5) is 13.3. The van der Waals surface area contributed by atoms with E-state index in [9.17, 15) is 9.90 Å². The van der Waals surface area contributed by atoms with Crippen LogP contribution in [-0.4, -0.2) is 40.3 Å². The zero-order chi connectivity index (χ0) is 14.8. The lowest BCUT2D eigenvalue weighted by Crippen LogP contribution is -2.42. The third-order valence-electron chi connectivity index (χ3n) is 4.78. The minimum Gasteiger partial charge on any atom is -0.383 e. The van der Waals surface area contributed by atoms with Gasteiger partial charge in [-0.2, -0.15) is 0 Å². The lowest BCUT2D eigenvalue weighted by Gasteiger charge is -2.32. The van der Waals surface area contributed by atoms with E-state index >= 15 is 0 Å². The van der Waals surface area contributed by atoms with E-state index in [1.54, 1.807) is 0 Å². The number of hydrogen-bond donors (Lipinski definition) is 2. The first kappa shape index (κ1) is 14.5. The van der Waals surface area contributed by atoms with Crippen LogP contribution >= 0.6 is 0 Å². The molecule has 0 radical (unpaired) electrons. The van der Waals surface area contributed by atoms with Gasteiger partial charge < -0.3 is 15.4 Å². The van der Waals surface area contributed by atoms with Crippen molar-refractivity contribution in [3.8, 4) is 0 Å². The third kappa shape index (κ3) is 3.11. The highest BCUT2D eigenvalue weighted by Crippen LogP contribution is 2.27. The van der Waals surface area contributed by atoms with Gasteiger partial charge in [-0.05, 0) is 51.1 Å². The summed E-state index contributed by atoms with van der Waals surface area (Å²) < 4.78 is 5.44. The van der Waals surface area contributed by atoms with Crippen molar-refractivity contribution in [3.05, 3.63) is 17.0 Å². The number of aromatic nitrogens is 1. The number of piperidine rings is 1. The van der Waals surface area contributed by atoms with Crippen molar-refractivity contribution in [2.75, 3.05) is 13.1 Å². The molecule has 2 heterocycles. The quantitative estimate of drug-likeness (QED) is 0.848. The second-order valence-electron chi connectivity index (χ2n) is 6.20. The lowest BCUT2D eigenvalue weighted by molar-refractivity contribution is -0.129. The van der Waals surface area contributed by atoms with Gasteiger partial charge in [0, 0.05) is 18.5 Å². The number of carbonyl (C=O) groups is 1. The van der Waals surface area contributed by atoms with E-state index in [1.165, 1.54) is 18.4 Å². The SMILES string of the molecule is NC(=O)[C@H](O)C1CCN(Cc2noc3c2CCCC3)CC1. The summed E-state index contributed by atoms with van der Waals surface area (Å²) in [7, 11) is 0. The Balaban J connectivity index is 1.56. The Labute approximate surface area is 124 Å². The molecule has 116 valence electrons. The number of aryl methyl sites for hydroxylation is 1. The van der Waals surface area contributed by atoms with Gasteiger partial charge in [0.05, 0.1) is 0 Å². The monoisotopic (exact) mass is 293 g/mol. The summed E-state index contributed by atoms with van der Waals surface area (Å²) in [5.41, 5.74) is 7.54. The van der Waals surface area contributed by atoms with Crippen LogP contribution in [0.3, 0.4) is 0 Å². The summed E-state index contributed by atoms with van der Waals surface area (Å²) in [6.45, 7) is 2.52. The fourth-order valence-corrected chi connectivity index (χ4v) is 3.44. The molecule has 2 aliphatic rings. The Morgan fingerprint density at radius 2 is 2.10 bits per heavy atom. The van der Waals surface area contributed by atoms with Crippen molar-refractivity contribution in [2.24, 2.45) is 11.7 Å². The molecule has 1 aliphatic heterocycles. The van der Waals surface area contributed by atoms with Gasteiger partial charge in [0.1, 0.15) is 17.6 Å². The molecule has 21 heavy (non-hydrogen) atoms. The number of aliphatic hydroxyl groups excluding tert-OH is 1. The largest absolute Gasteiger partial charge is 0.383 e. The summed E-state index contributed by atoms with van der Waals surface area (Å²) >= 11 is 0. The molecule has 1 atom stereocenters. The first-order valence-corrected chi connectivity index (χ1v) is 7.81. The summed E-state index contributed by atoms with van der Waals surface area (Å²) in [6, 6.07) is 0. The molecular formula is C15H23N3O3. The van der Waals surface area contributed by atoms with Gasteiger partial charge in [0.15, 0.2) is 0 Å². The highest BCUT2D eigenvalue weighted by molar-refractivity contribution is 5.78. The molecule has 1 saturated heterocycles. The van der Waals surface area contributed by atoms with Crippen LogP contribution in [-0.2, 0) is 24.2 Å². The normalized spacial score (nSPS) is 22.0. The van der Waals surface area contributed by atoms with Crippen LogP contribution in [0.2, 0.25) is 0 Å². The standard InChI is InChI=1S/C15H23N3O3/c16-15(20)14(19)10-5-7-18(8-6-10)9-12-11-3-1-2-4-13(11)21-17-12/h10,14,19H,1-9H2,(H2,16,20)/t14-/m1/s1. The van der Waals surface area contributed by atoms with Crippen molar-refractivity contribution >= 4 is 5.91 Å². The maximum absolute atomic E-state index is 11.0. The number of nitrogens with two attached hydrogens (primary N) is 1. The number of primary amides is 1. The Hall–Kier alpha value is -1.40. The molecule has 6 nitrogen and oxygen atoms in total. The van der Waals surface area contributed by atoms with Crippen molar-refractivity contribution in [3.63, 3.8) is 0 Å². The van der Waals surface area contributed by atoms with Crippen LogP contribution in [0, 0.1) is 5.92 Å². The van der Waals surface area contributed by atoms with Crippen LogP contribution < -0.4 is 5.73 Å². The number of likely N-dealkylation sites (tertiary alicyclic amines) is 1. The van der Waals surface area contributed by atoms with Gasteiger partial charge in [-0.1, -0.05) is 5.16 Å². The Morgan fingerprint density at radius 1 is 1.38 bits per heavy atom. The fourth-order valence-electron chi connectivity index (χ4n) is 3.44. The lowest BCUT2D eigenvalue weighted by atomic mass is 9.90. The van der Waals surface area contributed by atoms with Gasteiger partial charge in [0.2, 0.25) is 5.91 Å². The third-order valence-corrected chi connectivity index (χ3v) is 4.78. The number of carbonyl (C=O) groups excluding carboxylic acids is 1. The molecule has 0 saturated carbocycles. The van der Waals surface area contributed by atoms with Crippen LogP contribution in [0.25, 0.3) is 0 Å². The highest BCUT2D eigenvalue weighted by Gasteiger charge is 2.29. The van der Waals surface area contributed by atoms with Gasteiger partial charge in [-0.25, -0.2) is 0 Å². The van der Waals surface area contributed by atoms with Crippen molar-refractivity contribution in [1.29, 1.82) is 0 Å². The fraction of sp³-hybridized carbons (Fsp3) is 0.733. The zero-order valence-electron chi connectivity index (χ0n) is 12.3. The smallest absolute Gasteiger partial charge is 0.246 e. The van der Waals surface area contributed by atoms with Gasteiger partial charge in [-0.3, -0.25) is 9.69 Å². The summed E-state index contributed by atoms with van der Waals surface area (Å²) in [5.74, 6) is 0.444. The molecule has 3 rings (SSSR count).